The molecule has 0 unspecified atom stereocenters. The molecule has 2 aromatic rings. The molecule has 1 aromatic carbocycles. The number of carbonyl (C=O) groups excluding carboxylic acids is 1. The molecule has 1 fully saturated rings. The number of carbonyl (C=O) groups is 1. The second kappa shape index (κ2) is 7.92. The molecule has 1 aliphatic rings. The molecule has 8 heteroatoms. The average Bonchev–Trinajstić information content (AvgIpc) is 3.03. The van der Waals surface area contributed by atoms with Crippen LogP contribution in [-0.4, -0.2) is 33.8 Å². The summed E-state index contributed by atoms with van der Waals surface area (Å²) in [4.78, 5) is 30.0. The van der Waals surface area contributed by atoms with E-state index in [1.807, 2.05) is 5.38 Å². The van der Waals surface area contributed by atoms with Gasteiger partial charge in [0.1, 0.15) is 5.56 Å². The summed E-state index contributed by atoms with van der Waals surface area (Å²) in [5.41, 5.74) is 1.27. The summed E-state index contributed by atoms with van der Waals surface area (Å²) in [5.74, 6) is 0.273. The topological polar surface area (TPSA) is 88.4 Å². The minimum Gasteiger partial charge on any atom is -0.298 e. The maximum atomic E-state index is 12.5. The van der Waals surface area contributed by atoms with Crippen molar-refractivity contribution in [1.82, 2.24) is 9.88 Å². The van der Waals surface area contributed by atoms with Crippen LogP contribution in [0.4, 0.5) is 10.8 Å². The zero-order valence-electron chi connectivity index (χ0n) is 14.9. The number of hydrogen-bond acceptors (Lipinski definition) is 6. The highest BCUT2D eigenvalue weighted by atomic mass is 32.1. The van der Waals surface area contributed by atoms with Crippen LogP contribution in [0.5, 0.6) is 0 Å². The van der Waals surface area contributed by atoms with Crippen molar-refractivity contribution in [1.29, 1.82) is 0 Å². The first-order valence-corrected chi connectivity index (χ1v) is 9.54. The molecule has 1 saturated heterocycles. The molecule has 0 aliphatic carbocycles. The molecule has 1 amide bonds. The Kier molecular flexibility index (Phi) is 5.63. The number of nitrogens with zero attached hydrogens (tertiary/aromatic N) is 3. The van der Waals surface area contributed by atoms with Crippen LogP contribution in [-0.2, 0) is 6.54 Å². The molecular formula is C18H22N4O3S. The van der Waals surface area contributed by atoms with Crippen molar-refractivity contribution in [2.45, 2.75) is 33.2 Å². The van der Waals surface area contributed by atoms with Gasteiger partial charge in [-0.25, -0.2) is 4.98 Å². The second-order valence-electron chi connectivity index (χ2n) is 6.78. The number of likely N-dealkylation sites (tertiary alicyclic amines) is 1. The van der Waals surface area contributed by atoms with E-state index in [1.54, 1.807) is 19.1 Å². The van der Waals surface area contributed by atoms with Gasteiger partial charge in [-0.15, -0.1) is 11.3 Å². The predicted molar refractivity (Wildman–Crippen MR) is 102 cm³/mol. The first-order chi connectivity index (χ1) is 12.4. The first kappa shape index (κ1) is 18.5. The van der Waals surface area contributed by atoms with Crippen molar-refractivity contribution in [2.75, 3.05) is 18.4 Å². The second-order valence-corrected chi connectivity index (χ2v) is 7.64. The van der Waals surface area contributed by atoms with Crippen LogP contribution in [0, 0.1) is 23.0 Å². The Morgan fingerprint density at radius 2 is 2.15 bits per heavy atom. The lowest BCUT2D eigenvalue weighted by Gasteiger charge is -2.29. The Bertz CT molecular complexity index is 813. The van der Waals surface area contributed by atoms with E-state index in [0.29, 0.717) is 10.7 Å². The van der Waals surface area contributed by atoms with Gasteiger partial charge in [0, 0.05) is 17.5 Å². The number of amides is 1. The quantitative estimate of drug-likeness (QED) is 0.634. The van der Waals surface area contributed by atoms with Gasteiger partial charge in [-0.05, 0) is 44.8 Å². The number of para-hydroxylation sites is 1. The third-order valence-corrected chi connectivity index (χ3v) is 5.51. The summed E-state index contributed by atoms with van der Waals surface area (Å²) in [7, 11) is 0. The molecular weight excluding hydrogens is 352 g/mol. The number of nitrogens with one attached hydrogen (secondary N) is 1. The largest absolute Gasteiger partial charge is 0.298 e. The van der Waals surface area contributed by atoms with Gasteiger partial charge < -0.3 is 0 Å². The number of nitro benzene ring substituents is 1. The smallest absolute Gasteiger partial charge is 0.285 e. The average molecular weight is 374 g/mol. The summed E-state index contributed by atoms with van der Waals surface area (Å²) < 4.78 is 0. The Balaban J connectivity index is 1.67. The number of benzene rings is 1. The Morgan fingerprint density at radius 1 is 1.42 bits per heavy atom. The Labute approximate surface area is 156 Å². The normalized spacial score (nSPS) is 15.8. The van der Waals surface area contributed by atoms with E-state index in [0.717, 1.165) is 31.2 Å². The summed E-state index contributed by atoms with van der Waals surface area (Å²) >= 11 is 1.34. The van der Waals surface area contributed by atoms with Crippen molar-refractivity contribution >= 4 is 28.1 Å². The number of aromatic nitrogens is 1. The number of nitro groups is 1. The van der Waals surface area contributed by atoms with Crippen molar-refractivity contribution in [3.63, 3.8) is 0 Å². The number of aryl methyl sites for hydroxylation is 1. The fourth-order valence-electron chi connectivity index (χ4n) is 3.14. The lowest BCUT2D eigenvalue weighted by Crippen LogP contribution is -2.32. The predicted octanol–water partition coefficient (Wildman–Crippen LogP) is 3.84. The van der Waals surface area contributed by atoms with Crippen LogP contribution in [0.15, 0.2) is 23.6 Å². The highest BCUT2D eigenvalue weighted by Gasteiger charge is 2.23. The van der Waals surface area contributed by atoms with E-state index in [4.69, 9.17) is 0 Å². The van der Waals surface area contributed by atoms with Crippen LogP contribution < -0.4 is 5.32 Å². The first-order valence-electron chi connectivity index (χ1n) is 8.66. The highest BCUT2D eigenvalue weighted by Crippen LogP contribution is 2.25. The molecule has 1 N–H and O–H groups in total. The van der Waals surface area contributed by atoms with Crippen LogP contribution in [0.1, 0.15) is 41.4 Å². The van der Waals surface area contributed by atoms with Crippen molar-refractivity contribution in [2.24, 2.45) is 5.92 Å². The molecule has 0 atom stereocenters. The van der Waals surface area contributed by atoms with E-state index >= 15 is 0 Å². The van der Waals surface area contributed by atoms with Gasteiger partial charge in [-0.2, -0.15) is 0 Å². The van der Waals surface area contributed by atoms with E-state index in [2.05, 4.69) is 22.1 Å². The van der Waals surface area contributed by atoms with E-state index in [9.17, 15) is 14.9 Å². The molecule has 0 radical (unpaired) electrons. The third kappa shape index (κ3) is 4.25. The maximum Gasteiger partial charge on any atom is 0.285 e. The molecule has 7 nitrogen and oxygen atoms in total. The number of piperidine rings is 1. The molecule has 26 heavy (non-hydrogen) atoms. The van der Waals surface area contributed by atoms with Crippen molar-refractivity contribution < 1.29 is 9.72 Å². The van der Waals surface area contributed by atoms with Crippen LogP contribution >= 0.6 is 11.3 Å². The van der Waals surface area contributed by atoms with Gasteiger partial charge >= 0.3 is 0 Å². The Morgan fingerprint density at radius 3 is 2.85 bits per heavy atom. The lowest BCUT2D eigenvalue weighted by molar-refractivity contribution is -0.385. The van der Waals surface area contributed by atoms with Crippen molar-refractivity contribution in [3.05, 3.63) is 50.5 Å². The van der Waals surface area contributed by atoms with Gasteiger partial charge in [-0.3, -0.25) is 25.1 Å². The molecule has 2 heterocycles. The third-order valence-electron chi connectivity index (χ3n) is 4.70. The monoisotopic (exact) mass is 374 g/mol. The standard InChI is InChI=1S/C18H22N4O3S/c1-12-6-8-21(9-7-12)10-14-11-26-18(19-14)20-17(23)15-5-3-4-13(2)16(15)22(24)25/h3-5,11-12H,6-10H2,1-2H3,(H,19,20,23). The van der Waals surface area contributed by atoms with Gasteiger partial charge in [0.2, 0.25) is 0 Å². The van der Waals surface area contributed by atoms with E-state index < -0.39 is 10.8 Å². The van der Waals surface area contributed by atoms with Gasteiger partial charge in [0.25, 0.3) is 11.6 Å². The number of hydrogen-bond donors (Lipinski definition) is 1. The molecule has 0 spiro atoms. The molecule has 138 valence electrons. The lowest BCUT2D eigenvalue weighted by atomic mass is 9.99. The van der Waals surface area contributed by atoms with Crippen LogP contribution in [0.25, 0.3) is 0 Å². The van der Waals surface area contributed by atoms with Crippen LogP contribution in [0.2, 0.25) is 0 Å². The number of rotatable bonds is 5. The molecule has 1 aromatic heterocycles. The minimum atomic E-state index is -0.519. The van der Waals surface area contributed by atoms with Gasteiger partial charge in [0.15, 0.2) is 5.13 Å². The highest BCUT2D eigenvalue weighted by molar-refractivity contribution is 7.14. The van der Waals surface area contributed by atoms with Gasteiger partial charge in [0.05, 0.1) is 10.6 Å². The summed E-state index contributed by atoms with van der Waals surface area (Å²) in [6.45, 7) is 6.80. The zero-order valence-corrected chi connectivity index (χ0v) is 15.7. The minimum absolute atomic E-state index is 0.0526. The molecule has 0 saturated carbocycles. The SMILES string of the molecule is Cc1cccc(C(=O)Nc2nc(CN3CCC(C)CC3)cs2)c1[N+](=O)[O-]. The maximum absolute atomic E-state index is 12.5. The summed E-state index contributed by atoms with van der Waals surface area (Å²) in [6.07, 6.45) is 2.40. The molecule has 1 aliphatic heterocycles. The number of thiazole rings is 1. The summed E-state index contributed by atoms with van der Waals surface area (Å²) in [5, 5.41) is 16.3. The summed E-state index contributed by atoms with van der Waals surface area (Å²) in [6, 6.07) is 4.72. The molecule has 3 rings (SSSR count). The zero-order chi connectivity index (χ0) is 18.7. The fourth-order valence-corrected chi connectivity index (χ4v) is 3.83. The molecule has 0 bridgehead atoms. The number of anilines is 1. The Hall–Kier alpha value is -2.32. The van der Waals surface area contributed by atoms with Gasteiger partial charge in [-0.1, -0.05) is 19.1 Å². The van der Waals surface area contributed by atoms with E-state index in [-0.39, 0.29) is 11.3 Å². The fraction of sp³-hybridized carbons (Fsp3) is 0.444. The van der Waals surface area contributed by atoms with E-state index in [1.165, 1.54) is 30.2 Å². The van der Waals surface area contributed by atoms with Crippen LogP contribution in [0.3, 0.4) is 0 Å². The van der Waals surface area contributed by atoms with Crippen molar-refractivity contribution in [3.8, 4) is 0 Å².